The predicted molar refractivity (Wildman–Crippen MR) is 120 cm³/mol. The third kappa shape index (κ3) is 4.85. The van der Waals surface area contributed by atoms with Gasteiger partial charge < -0.3 is 4.90 Å². The van der Waals surface area contributed by atoms with Gasteiger partial charge in [0.2, 0.25) is 24.0 Å². The molecule has 3 rings (SSSR count). The first kappa shape index (κ1) is 22.7. The smallest absolute Gasteiger partial charge is 0.226 e. The molecule has 10 heteroatoms. The average molecular weight is 485 g/mol. The van der Waals surface area contributed by atoms with Gasteiger partial charge in [0, 0.05) is 18.6 Å². The number of nitrogens with zero attached hydrogens (tertiary/aromatic N) is 2. The van der Waals surface area contributed by atoms with E-state index < -0.39 is 19.7 Å². The highest BCUT2D eigenvalue weighted by molar-refractivity contribution is 7.94. The minimum absolute atomic E-state index is 0.00556. The van der Waals surface area contributed by atoms with Gasteiger partial charge >= 0.3 is 0 Å². The van der Waals surface area contributed by atoms with Crippen LogP contribution in [0.1, 0.15) is 18.9 Å². The number of aromatic nitrogens is 1. The van der Waals surface area contributed by atoms with Crippen molar-refractivity contribution in [2.24, 2.45) is 0 Å². The maximum atomic E-state index is 13.3. The molecule has 0 saturated heterocycles. The summed E-state index contributed by atoms with van der Waals surface area (Å²) in [6.07, 6.45) is 0.413. The normalized spacial score (nSPS) is 12.1. The van der Waals surface area contributed by atoms with E-state index in [-0.39, 0.29) is 25.0 Å². The number of benzene rings is 2. The van der Waals surface area contributed by atoms with Crippen molar-refractivity contribution in [2.45, 2.75) is 34.2 Å². The molecule has 1 aromatic heterocycles. The molecule has 3 aromatic rings. The summed E-state index contributed by atoms with van der Waals surface area (Å²) in [5.74, 6) is -0.0945. The molecule has 0 amide bonds. The van der Waals surface area contributed by atoms with Crippen LogP contribution in [0.25, 0.3) is 0 Å². The van der Waals surface area contributed by atoms with Gasteiger partial charge in [-0.3, -0.25) is 0 Å². The van der Waals surface area contributed by atoms with Gasteiger partial charge in [-0.2, -0.15) is 0 Å². The van der Waals surface area contributed by atoms with E-state index in [0.29, 0.717) is 18.0 Å². The van der Waals surface area contributed by atoms with E-state index in [2.05, 4.69) is 4.98 Å². The van der Waals surface area contributed by atoms with E-state index in [1.165, 1.54) is 24.3 Å². The first-order chi connectivity index (χ1) is 14.1. The lowest BCUT2D eigenvalue weighted by atomic mass is 10.2. The van der Waals surface area contributed by atoms with Crippen molar-refractivity contribution in [3.63, 3.8) is 0 Å². The molecule has 0 saturated carbocycles. The highest BCUT2D eigenvalue weighted by Gasteiger charge is 2.31. The van der Waals surface area contributed by atoms with Crippen LogP contribution in [-0.2, 0) is 26.2 Å². The number of thiazole rings is 1. The van der Waals surface area contributed by atoms with Gasteiger partial charge in [-0.15, -0.1) is 0 Å². The molecule has 1 heterocycles. The fraction of sp³-hybridized carbons (Fsp3) is 0.250. The van der Waals surface area contributed by atoms with Gasteiger partial charge in [-0.1, -0.05) is 60.2 Å². The van der Waals surface area contributed by atoms with E-state index in [1.807, 2.05) is 30.3 Å². The second kappa shape index (κ2) is 9.05. The minimum Gasteiger partial charge on any atom is -0.360 e. The molecule has 0 spiro atoms. The van der Waals surface area contributed by atoms with Gasteiger partial charge in [0.1, 0.15) is 5.00 Å². The van der Waals surface area contributed by atoms with E-state index in [0.717, 1.165) is 16.9 Å². The van der Waals surface area contributed by atoms with E-state index in [9.17, 15) is 16.8 Å². The van der Waals surface area contributed by atoms with E-state index in [4.69, 9.17) is 11.6 Å². The summed E-state index contributed by atoms with van der Waals surface area (Å²) < 4.78 is 51.6. The molecule has 6 nitrogen and oxygen atoms in total. The van der Waals surface area contributed by atoms with Crippen LogP contribution in [0.3, 0.4) is 0 Å². The van der Waals surface area contributed by atoms with Crippen LogP contribution in [0.15, 0.2) is 68.9 Å². The molecule has 0 N–H and O–H groups in total. The highest BCUT2D eigenvalue weighted by Crippen LogP contribution is 2.38. The van der Waals surface area contributed by atoms with Crippen molar-refractivity contribution in [1.29, 1.82) is 0 Å². The molecule has 0 aliphatic carbocycles. The fourth-order valence-corrected chi connectivity index (χ4v) is 7.44. The SMILES string of the molecule is CCCS(=O)(=O)c1nc(S(=O)(=O)c2ccc(Cl)cc2)c(N(C)Cc2ccccc2)s1. The first-order valence-electron chi connectivity index (χ1n) is 9.14. The van der Waals surface area contributed by atoms with Crippen molar-refractivity contribution in [1.82, 2.24) is 4.98 Å². The molecule has 0 radical (unpaired) electrons. The molecule has 0 atom stereocenters. The van der Waals surface area contributed by atoms with Crippen LogP contribution in [0.2, 0.25) is 5.02 Å². The van der Waals surface area contributed by atoms with Crippen molar-refractivity contribution in [3.05, 3.63) is 65.2 Å². The van der Waals surface area contributed by atoms with Gasteiger partial charge in [0.15, 0.2) is 5.03 Å². The monoisotopic (exact) mass is 484 g/mol. The average Bonchev–Trinajstić information content (AvgIpc) is 3.17. The molecular weight excluding hydrogens is 464 g/mol. The van der Waals surface area contributed by atoms with Crippen LogP contribution in [-0.4, -0.2) is 34.6 Å². The zero-order valence-electron chi connectivity index (χ0n) is 16.4. The Morgan fingerprint density at radius 1 is 1.00 bits per heavy atom. The van der Waals surface area contributed by atoms with E-state index >= 15 is 0 Å². The zero-order chi connectivity index (χ0) is 21.9. The summed E-state index contributed by atoms with van der Waals surface area (Å²) in [6.45, 7) is 2.15. The van der Waals surface area contributed by atoms with Crippen LogP contribution in [0, 0.1) is 0 Å². The summed E-state index contributed by atoms with van der Waals surface area (Å²) in [6, 6.07) is 15.2. The van der Waals surface area contributed by atoms with Crippen molar-refractivity contribution < 1.29 is 16.8 Å². The lowest BCUT2D eigenvalue weighted by molar-refractivity contribution is 0.588. The molecule has 2 aromatic carbocycles. The maximum Gasteiger partial charge on any atom is 0.226 e. The summed E-state index contributed by atoms with van der Waals surface area (Å²) in [7, 11) is -6.00. The summed E-state index contributed by atoms with van der Waals surface area (Å²) in [5.41, 5.74) is 0.959. The second-order valence-electron chi connectivity index (χ2n) is 6.71. The Kier molecular flexibility index (Phi) is 6.86. The third-order valence-corrected chi connectivity index (χ3v) is 9.90. The number of halogens is 1. The first-order valence-corrected chi connectivity index (χ1v) is 13.5. The predicted octanol–water partition coefficient (Wildman–Crippen LogP) is 4.45. The standard InChI is InChI=1S/C20H21ClN2O4S3/c1-3-13-29(24,25)20-22-18(30(26,27)17-11-9-16(21)10-12-17)19(28-20)23(2)14-15-7-5-4-6-8-15/h4-12H,3,13-14H2,1-2H3. The quantitative estimate of drug-likeness (QED) is 0.469. The minimum atomic E-state index is -4.04. The summed E-state index contributed by atoms with van der Waals surface area (Å²) in [5, 5.41) is 0.422. The summed E-state index contributed by atoms with van der Waals surface area (Å²) >= 11 is 6.76. The van der Waals surface area contributed by atoms with Gasteiger partial charge in [0.05, 0.1) is 10.6 Å². The maximum absolute atomic E-state index is 13.3. The molecule has 0 aliphatic rings. The molecule has 30 heavy (non-hydrogen) atoms. The Balaban J connectivity index is 2.12. The van der Waals surface area contributed by atoms with E-state index in [1.54, 1.807) is 18.9 Å². The highest BCUT2D eigenvalue weighted by atomic mass is 35.5. The number of anilines is 1. The Morgan fingerprint density at radius 3 is 2.23 bits per heavy atom. The number of hydrogen-bond donors (Lipinski definition) is 0. The Bertz CT molecular complexity index is 1220. The fourth-order valence-electron chi connectivity index (χ4n) is 2.84. The van der Waals surface area contributed by atoms with Gasteiger partial charge in [-0.05, 0) is 36.2 Å². The molecule has 160 valence electrons. The molecule has 0 fully saturated rings. The van der Waals surface area contributed by atoms with Crippen molar-refractivity contribution in [3.8, 4) is 0 Å². The molecule has 0 bridgehead atoms. The van der Waals surface area contributed by atoms with Crippen LogP contribution < -0.4 is 4.90 Å². The third-order valence-electron chi connectivity index (χ3n) is 4.29. The van der Waals surface area contributed by atoms with Crippen molar-refractivity contribution >= 4 is 47.6 Å². The molecule has 0 aliphatic heterocycles. The van der Waals surface area contributed by atoms with Gasteiger partial charge in [0.25, 0.3) is 0 Å². The topological polar surface area (TPSA) is 84.4 Å². The summed E-state index contributed by atoms with van der Waals surface area (Å²) in [4.78, 5) is 5.82. The Hall–Kier alpha value is -1.94. The lowest BCUT2D eigenvalue weighted by Gasteiger charge is -2.18. The van der Waals surface area contributed by atoms with Crippen molar-refractivity contribution in [2.75, 3.05) is 17.7 Å². The van der Waals surface area contributed by atoms with Gasteiger partial charge in [-0.25, -0.2) is 21.8 Å². The molecule has 0 unspecified atom stereocenters. The number of sulfone groups is 2. The van der Waals surface area contributed by atoms with Crippen LogP contribution in [0.5, 0.6) is 0 Å². The number of hydrogen-bond acceptors (Lipinski definition) is 7. The second-order valence-corrected chi connectivity index (χ2v) is 12.3. The zero-order valence-corrected chi connectivity index (χ0v) is 19.7. The largest absolute Gasteiger partial charge is 0.360 e. The number of rotatable bonds is 8. The Labute approximate surface area is 186 Å². The van der Waals surface area contributed by atoms with Crippen LogP contribution in [0.4, 0.5) is 5.00 Å². The Morgan fingerprint density at radius 2 is 1.63 bits per heavy atom. The lowest BCUT2D eigenvalue weighted by Crippen LogP contribution is -2.18. The molecular formula is C20H21ClN2O4S3. The van der Waals surface area contributed by atoms with Crippen LogP contribution >= 0.6 is 22.9 Å².